The minimum absolute atomic E-state index is 0.167. The molecular formula is C35H40N4O6. The normalized spacial score (nSPS) is 30.6. The maximum absolute atomic E-state index is 14.8. The molecule has 0 radical (unpaired) electrons. The van der Waals surface area contributed by atoms with Crippen LogP contribution in [-0.2, 0) is 30.4 Å². The molecule has 5 heterocycles. The number of rotatable bonds is 8. The van der Waals surface area contributed by atoms with Crippen molar-refractivity contribution in [2.75, 3.05) is 59.1 Å². The SMILES string of the molecule is O=C1C2N([C@H](CO)c3ccccc3)C(=O)[C@@H]3[C@@H]4C(=O)N(Cc5ccccc5)CC=C[C@@H]4O[C@]23C=CCN1CCN1CCOCC1. The topological polar surface area (TPSA) is 103 Å². The number of fused-ring (bicyclic) bond motifs is 2. The van der Waals surface area contributed by atoms with Gasteiger partial charge in [0.25, 0.3) is 0 Å². The second-order valence-corrected chi connectivity index (χ2v) is 12.5. The number of amides is 3. The molecule has 1 unspecified atom stereocenters. The lowest BCUT2D eigenvalue weighted by Crippen LogP contribution is -2.57. The highest BCUT2D eigenvalue weighted by atomic mass is 16.5. The number of morpholine rings is 1. The maximum atomic E-state index is 14.8. The fourth-order valence-electron chi connectivity index (χ4n) is 7.77. The summed E-state index contributed by atoms with van der Waals surface area (Å²) >= 11 is 0. The second-order valence-electron chi connectivity index (χ2n) is 12.5. The molecule has 7 rings (SSSR count). The van der Waals surface area contributed by atoms with Crippen LogP contribution in [-0.4, -0.2) is 119 Å². The van der Waals surface area contributed by atoms with Crippen molar-refractivity contribution in [1.29, 1.82) is 0 Å². The minimum atomic E-state index is -1.35. The van der Waals surface area contributed by atoms with Gasteiger partial charge < -0.3 is 29.3 Å². The van der Waals surface area contributed by atoms with Crippen LogP contribution < -0.4 is 0 Å². The molecule has 2 aromatic carbocycles. The summed E-state index contributed by atoms with van der Waals surface area (Å²) in [5.74, 6) is -2.46. The Kier molecular flexibility index (Phi) is 8.31. The van der Waals surface area contributed by atoms with Gasteiger partial charge in [0.15, 0.2) is 0 Å². The zero-order chi connectivity index (χ0) is 31.0. The Morgan fingerprint density at radius 2 is 1.56 bits per heavy atom. The van der Waals surface area contributed by atoms with E-state index in [1.165, 1.54) is 4.90 Å². The van der Waals surface area contributed by atoms with Gasteiger partial charge in [0.05, 0.1) is 43.8 Å². The molecule has 1 spiro atoms. The van der Waals surface area contributed by atoms with Gasteiger partial charge in [-0.3, -0.25) is 19.3 Å². The zero-order valence-electron chi connectivity index (χ0n) is 25.3. The van der Waals surface area contributed by atoms with Crippen LogP contribution >= 0.6 is 0 Å². The van der Waals surface area contributed by atoms with Crippen molar-refractivity contribution in [3.8, 4) is 0 Å². The van der Waals surface area contributed by atoms with Crippen LogP contribution in [0.15, 0.2) is 85.0 Å². The molecule has 236 valence electrons. The van der Waals surface area contributed by atoms with Crippen LogP contribution in [0.3, 0.4) is 0 Å². The van der Waals surface area contributed by atoms with Crippen LogP contribution in [0.5, 0.6) is 0 Å². The molecule has 0 bridgehead atoms. The van der Waals surface area contributed by atoms with E-state index in [0.717, 1.165) is 24.2 Å². The molecule has 3 saturated heterocycles. The summed E-state index contributed by atoms with van der Waals surface area (Å²) in [7, 11) is 0. The Morgan fingerprint density at radius 3 is 2.29 bits per heavy atom. The van der Waals surface area contributed by atoms with Gasteiger partial charge in [-0.05, 0) is 11.1 Å². The van der Waals surface area contributed by atoms with Crippen molar-refractivity contribution in [2.24, 2.45) is 11.8 Å². The number of aliphatic hydroxyl groups is 1. The van der Waals surface area contributed by atoms with E-state index in [1.807, 2.05) is 85.0 Å². The van der Waals surface area contributed by atoms with Crippen LogP contribution in [0.1, 0.15) is 17.2 Å². The summed E-state index contributed by atoms with van der Waals surface area (Å²) in [6, 6.07) is 17.3. The molecular weight excluding hydrogens is 572 g/mol. The lowest BCUT2D eigenvalue weighted by atomic mass is 9.77. The van der Waals surface area contributed by atoms with Crippen molar-refractivity contribution in [3.63, 3.8) is 0 Å². The van der Waals surface area contributed by atoms with E-state index >= 15 is 0 Å². The Labute approximate surface area is 263 Å². The monoisotopic (exact) mass is 612 g/mol. The fraction of sp³-hybridized carbons (Fsp3) is 0.457. The van der Waals surface area contributed by atoms with Gasteiger partial charge in [0, 0.05) is 45.8 Å². The maximum Gasteiger partial charge on any atom is 0.249 e. The van der Waals surface area contributed by atoms with E-state index in [0.29, 0.717) is 45.9 Å². The lowest BCUT2D eigenvalue weighted by Gasteiger charge is -2.39. The van der Waals surface area contributed by atoms with Gasteiger partial charge in [-0.25, -0.2) is 0 Å². The van der Waals surface area contributed by atoms with Gasteiger partial charge >= 0.3 is 0 Å². The Morgan fingerprint density at radius 1 is 0.844 bits per heavy atom. The third-order valence-corrected chi connectivity index (χ3v) is 9.96. The molecule has 1 N–H and O–H groups in total. The quantitative estimate of drug-likeness (QED) is 0.453. The third-order valence-electron chi connectivity index (χ3n) is 9.96. The second kappa shape index (κ2) is 12.5. The highest BCUT2D eigenvalue weighted by Gasteiger charge is 2.72. The van der Waals surface area contributed by atoms with Gasteiger partial charge in [-0.15, -0.1) is 0 Å². The Hall–Kier alpha value is -3.83. The van der Waals surface area contributed by atoms with Gasteiger partial charge in [0.1, 0.15) is 11.6 Å². The van der Waals surface area contributed by atoms with E-state index in [9.17, 15) is 19.5 Å². The largest absolute Gasteiger partial charge is 0.394 e. The molecule has 3 amide bonds. The van der Waals surface area contributed by atoms with Crippen molar-refractivity contribution >= 4 is 17.7 Å². The Bertz CT molecular complexity index is 1460. The van der Waals surface area contributed by atoms with E-state index in [-0.39, 0.29) is 24.3 Å². The van der Waals surface area contributed by atoms with Crippen molar-refractivity contribution < 1.29 is 29.0 Å². The highest BCUT2D eigenvalue weighted by Crippen LogP contribution is 2.55. The number of nitrogens with zero attached hydrogens (tertiary/aromatic N) is 4. The summed E-state index contributed by atoms with van der Waals surface area (Å²) in [5, 5.41) is 10.8. The Balaban J connectivity index is 1.26. The summed E-state index contributed by atoms with van der Waals surface area (Å²) in [5.41, 5.74) is 0.363. The van der Waals surface area contributed by atoms with Crippen molar-refractivity contribution in [2.45, 2.75) is 30.3 Å². The van der Waals surface area contributed by atoms with E-state index < -0.39 is 35.6 Å². The number of benzene rings is 2. The molecule has 5 aliphatic heterocycles. The summed E-state index contributed by atoms with van der Waals surface area (Å²) in [6.45, 7) is 4.91. The molecule has 3 fully saturated rings. The first-order valence-corrected chi connectivity index (χ1v) is 15.9. The summed E-state index contributed by atoms with van der Waals surface area (Å²) in [4.78, 5) is 51.2. The minimum Gasteiger partial charge on any atom is -0.394 e. The van der Waals surface area contributed by atoms with E-state index in [2.05, 4.69) is 4.90 Å². The zero-order valence-corrected chi connectivity index (χ0v) is 25.3. The average Bonchev–Trinajstić information content (AvgIpc) is 3.40. The summed E-state index contributed by atoms with van der Waals surface area (Å²) < 4.78 is 12.3. The molecule has 6 atom stereocenters. The van der Waals surface area contributed by atoms with Crippen LogP contribution in [0.2, 0.25) is 0 Å². The fourth-order valence-corrected chi connectivity index (χ4v) is 7.77. The average molecular weight is 613 g/mol. The van der Waals surface area contributed by atoms with Crippen LogP contribution in [0, 0.1) is 11.8 Å². The molecule has 0 aromatic heterocycles. The third kappa shape index (κ3) is 5.29. The smallest absolute Gasteiger partial charge is 0.249 e. The summed E-state index contributed by atoms with van der Waals surface area (Å²) in [6.07, 6.45) is 6.94. The van der Waals surface area contributed by atoms with Crippen LogP contribution in [0.4, 0.5) is 0 Å². The number of carbonyl (C=O) groups is 3. The first kappa shape index (κ1) is 29.9. The standard InChI is InChI=1S/C35H40N4O6/c40-24-27(26-11-5-2-6-12-26)39-31-34(43)37(18-17-36-19-21-44-22-20-36)16-8-14-35(31)30(33(39)42)29-28(45-35)13-7-15-38(32(29)41)23-25-9-3-1-4-10-25/h1-14,27-31,40H,15-24H2/t27-,28+,29-,30+,31?,35+/m1/s1. The highest BCUT2D eigenvalue weighted by molar-refractivity contribution is 6.00. The number of ether oxygens (including phenoxy) is 2. The predicted octanol–water partition coefficient (Wildman–Crippen LogP) is 1.63. The molecule has 5 aliphatic rings. The van der Waals surface area contributed by atoms with E-state index in [1.54, 1.807) is 9.80 Å². The molecule has 10 heteroatoms. The molecule has 2 aromatic rings. The number of hydrogen-bond donors (Lipinski definition) is 1. The molecule has 0 aliphatic carbocycles. The van der Waals surface area contributed by atoms with Gasteiger partial charge in [-0.1, -0.05) is 85.0 Å². The number of carbonyl (C=O) groups excluding carboxylic acids is 3. The van der Waals surface area contributed by atoms with Crippen molar-refractivity contribution in [3.05, 3.63) is 96.1 Å². The molecule has 45 heavy (non-hydrogen) atoms. The van der Waals surface area contributed by atoms with Gasteiger partial charge in [-0.2, -0.15) is 0 Å². The van der Waals surface area contributed by atoms with Crippen LogP contribution in [0.25, 0.3) is 0 Å². The van der Waals surface area contributed by atoms with E-state index in [4.69, 9.17) is 9.47 Å². The molecule has 10 nitrogen and oxygen atoms in total. The predicted molar refractivity (Wildman–Crippen MR) is 165 cm³/mol. The van der Waals surface area contributed by atoms with Crippen molar-refractivity contribution in [1.82, 2.24) is 19.6 Å². The number of hydrogen-bond acceptors (Lipinski definition) is 7. The first-order valence-electron chi connectivity index (χ1n) is 15.9. The number of aliphatic hydroxyl groups excluding tert-OH is 1. The first-order chi connectivity index (χ1) is 22.0. The molecule has 0 saturated carbocycles. The number of likely N-dealkylation sites (tertiary alicyclic amines) is 1. The van der Waals surface area contributed by atoms with Gasteiger partial charge in [0.2, 0.25) is 17.7 Å². The lowest BCUT2D eigenvalue weighted by molar-refractivity contribution is -0.151.